The van der Waals surface area contributed by atoms with Gasteiger partial charge in [0.15, 0.2) is 0 Å². The van der Waals surface area contributed by atoms with Gasteiger partial charge in [-0.25, -0.2) is 9.97 Å². The lowest BCUT2D eigenvalue weighted by Gasteiger charge is -2.36. The van der Waals surface area contributed by atoms with Crippen molar-refractivity contribution in [1.82, 2.24) is 14.9 Å². The second-order valence-electron chi connectivity index (χ2n) is 6.30. The van der Waals surface area contributed by atoms with E-state index in [1.165, 1.54) is 0 Å². The summed E-state index contributed by atoms with van der Waals surface area (Å²) in [7, 11) is 0. The van der Waals surface area contributed by atoms with Crippen LogP contribution in [0.4, 0.5) is 5.82 Å². The number of nitrogens with two attached hydrogens (primary N) is 1. The van der Waals surface area contributed by atoms with Crippen LogP contribution in [0, 0.1) is 0 Å². The van der Waals surface area contributed by atoms with Crippen LogP contribution in [0.25, 0.3) is 0 Å². The maximum atomic E-state index is 13.0. The fourth-order valence-electron chi connectivity index (χ4n) is 3.07. The SMILES string of the molecule is Nc1nc(C2CC2)ncc1C(=O)N1CCOCC1c1ccccc1. The Hall–Kier alpha value is -2.47. The van der Waals surface area contributed by atoms with Crippen LogP contribution >= 0.6 is 0 Å². The molecule has 6 nitrogen and oxygen atoms in total. The molecule has 0 spiro atoms. The summed E-state index contributed by atoms with van der Waals surface area (Å²) in [5, 5.41) is 0. The topological polar surface area (TPSA) is 81.3 Å². The molecule has 1 atom stereocenters. The van der Waals surface area contributed by atoms with Crippen LogP contribution in [0.2, 0.25) is 0 Å². The van der Waals surface area contributed by atoms with Crippen molar-refractivity contribution in [2.24, 2.45) is 0 Å². The number of carbonyl (C=O) groups is 1. The number of ether oxygens (including phenoxy) is 1. The molecule has 1 saturated carbocycles. The van der Waals surface area contributed by atoms with E-state index in [0.29, 0.717) is 31.2 Å². The Labute approximate surface area is 140 Å². The van der Waals surface area contributed by atoms with Gasteiger partial charge < -0.3 is 15.4 Å². The van der Waals surface area contributed by atoms with E-state index in [0.717, 1.165) is 24.2 Å². The number of aromatic nitrogens is 2. The minimum Gasteiger partial charge on any atom is -0.383 e. The molecule has 2 heterocycles. The molecule has 1 aromatic heterocycles. The van der Waals surface area contributed by atoms with Gasteiger partial charge in [0.1, 0.15) is 17.2 Å². The predicted octanol–water partition coefficient (Wildman–Crippen LogP) is 2.15. The maximum absolute atomic E-state index is 13.0. The van der Waals surface area contributed by atoms with Gasteiger partial charge in [-0.2, -0.15) is 0 Å². The molecule has 0 radical (unpaired) electrons. The molecule has 2 fully saturated rings. The van der Waals surface area contributed by atoms with Crippen molar-refractivity contribution in [3.05, 3.63) is 53.5 Å². The van der Waals surface area contributed by atoms with Crippen LogP contribution in [0.15, 0.2) is 36.5 Å². The summed E-state index contributed by atoms with van der Waals surface area (Å²) in [5.74, 6) is 1.31. The molecule has 1 saturated heterocycles. The van der Waals surface area contributed by atoms with Crippen molar-refractivity contribution in [3.63, 3.8) is 0 Å². The summed E-state index contributed by atoms with van der Waals surface area (Å²) >= 11 is 0. The molecule has 124 valence electrons. The van der Waals surface area contributed by atoms with Gasteiger partial charge in [0.05, 0.1) is 19.3 Å². The molecule has 6 heteroatoms. The highest BCUT2D eigenvalue weighted by Gasteiger charge is 2.32. The molecule has 24 heavy (non-hydrogen) atoms. The van der Waals surface area contributed by atoms with Crippen LogP contribution in [-0.4, -0.2) is 40.5 Å². The Kier molecular flexibility index (Phi) is 3.90. The van der Waals surface area contributed by atoms with Gasteiger partial charge in [0.25, 0.3) is 5.91 Å². The van der Waals surface area contributed by atoms with Crippen LogP contribution in [0.1, 0.15) is 46.5 Å². The second kappa shape index (κ2) is 6.20. The minimum atomic E-state index is -0.132. The Bertz CT molecular complexity index is 746. The number of amides is 1. The molecule has 2 aromatic rings. The van der Waals surface area contributed by atoms with Crippen LogP contribution < -0.4 is 5.73 Å². The predicted molar refractivity (Wildman–Crippen MR) is 89.5 cm³/mol. The number of morpholine rings is 1. The van der Waals surface area contributed by atoms with Gasteiger partial charge in [-0.15, -0.1) is 0 Å². The lowest BCUT2D eigenvalue weighted by Crippen LogP contribution is -2.43. The highest BCUT2D eigenvalue weighted by molar-refractivity contribution is 5.98. The quantitative estimate of drug-likeness (QED) is 0.935. The normalized spacial score (nSPS) is 20.8. The van der Waals surface area contributed by atoms with E-state index in [1.807, 2.05) is 35.2 Å². The first kappa shape index (κ1) is 15.1. The standard InChI is InChI=1S/C18H20N4O2/c19-16-14(10-20-17(21-16)13-6-7-13)18(23)22-8-9-24-11-15(22)12-4-2-1-3-5-12/h1-5,10,13,15H,6-9,11H2,(H2,19,20,21). The lowest BCUT2D eigenvalue weighted by atomic mass is 10.0. The number of hydrogen-bond acceptors (Lipinski definition) is 5. The highest BCUT2D eigenvalue weighted by Crippen LogP contribution is 2.38. The molecule has 2 aliphatic rings. The van der Waals surface area contributed by atoms with Gasteiger partial charge in [-0.1, -0.05) is 30.3 Å². The fraction of sp³-hybridized carbons (Fsp3) is 0.389. The van der Waals surface area contributed by atoms with Crippen molar-refractivity contribution >= 4 is 11.7 Å². The van der Waals surface area contributed by atoms with E-state index in [4.69, 9.17) is 10.5 Å². The average molecular weight is 324 g/mol. The number of rotatable bonds is 3. The van der Waals surface area contributed by atoms with Gasteiger partial charge >= 0.3 is 0 Å². The molecule has 1 amide bonds. The van der Waals surface area contributed by atoms with Crippen molar-refractivity contribution in [1.29, 1.82) is 0 Å². The smallest absolute Gasteiger partial charge is 0.259 e. The maximum Gasteiger partial charge on any atom is 0.259 e. The number of carbonyl (C=O) groups excluding carboxylic acids is 1. The monoisotopic (exact) mass is 324 g/mol. The summed E-state index contributed by atoms with van der Waals surface area (Å²) in [4.78, 5) is 23.5. The van der Waals surface area contributed by atoms with E-state index in [2.05, 4.69) is 9.97 Å². The molecule has 2 N–H and O–H groups in total. The summed E-state index contributed by atoms with van der Waals surface area (Å²) in [6.45, 7) is 1.54. The number of anilines is 1. The third kappa shape index (κ3) is 2.85. The average Bonchev–Trinajstić information content (AvgIpc) is 3.47. The Morgan fingerprint density at radius 2 is 2.04 bits per heavy atom. The van der Waals surface area contributed by atoms with Crippen molar-refractivity contribution < 1.29 is 9.53 Å². The highest BCUT2D eigenvalue weighted by atomic mass is 16.5. The Morgan fingerprint density at radius 1 is 1.25 bits per heavy atom. The fourth-order valence-corrected chi connectivity index (χ4v) is 3.07. The van der Waals surface area contributed by atoms with E-state index in [-0.39, 0.29) is 17.8 Å². The first-order valence-corrected chi connectivity index (χ1v) is 8.30. The third-order valence-electron chi connectivity index (χ3n) is 4.58. The summed E-state index contributed by atoms with van der Waals surface area (Å²) in [5.41, 5.74) is 7.48. The molecular weight excluding hydrogens is 304 g/mol. The van der Waals surface area contributed by atoms with E-state index >= 15 is 0 Å². The molecular formula is C18H20N4O2. The largest absolute Gasteiger partial charge is 0.383 e. The zero-order valence-electron chi connectivity index (χ0n) is 13.4. The van der Waals surface area contributed by atoms with Crippen LogP contribution in [0.3, 0.4) is 0 Å². The number of nitrogen functional groups attached to an aromatic ring is 1. The summed E-state index contributed by atoms with van der Waals surface area (Å²) in [6.07, 6.45) is 3.79. The number of benzene rings is 1. The summed E-state index contributed by atoms with van der Waals surface area (Å²) in [6, 6.07) is 9.80. The molecule has 1 aromatic carbocycles. The molecule has 0 bridgehead atoms. The minimum absolute atomic E-state index is 0.116. The van der Waals surface area contributed by atoms with Crippen molar-refractivity contribution in [3.8, 4) is 0 Å². The molecule has 4 rings (SSSR count). The van der Waals surface area contributed by atoms with Gasteiger partial charge in [-0.3, -0.25) is 4.79 Å². The van der Waals surface area contributed by atoms with E-state index in [9.17, 15) is 4.79 Å². The zero-order valence-corrected chi connectivity index (χ0v) is 13.4. The Morgan fingerprint density at radius 3 is 2.75 bits per heavy atom. The Balaban J connectivity index is 1.62. The van der Waals surface area contributed by atoms with Gasteiger partial charge in [0.2, 0.25) is 0 Å². The number of hydrogen-bond donors (Lipinski definition) is 1. The first-order chi connectivity index (χ1) is 11.7. The number of nitrogens with zero attached hydrogens (tertiary/aromatic N) is 3. The molecule has 1 unspecified atom stereocenters. The van der Waals surface area contributed by atoms with Crippen LogP contribution in [0.5, 0.6) is 0 Å². The van der Waals surface area contributed by atoms with Gasteiger partial charge in [-0.05, 0) is 18.4 Å². The lowest BCUT2D eigenvalue weighted by molar-refractivity contribution is -0.00268. The molecule has 1 aliphatic heterocycles. The van der Waals surface area contributed by atoms with Crippen molar-refractivity contribution in [2.75, 3.05) is 25.5 Å². The van der Waals surface area contributed by atoms with E-state index < -0.39 is 0 Å². The third-order valence-corrected chi connectivity index (χ3v) is 4.58. The first-order valence-electron chi connectivity index (χ1n) is 8.30. The van der Waals surface area contributed by atoms with Gasteiger partial charge in [0, 0.05) is 18.7 Å². The zero-order chi connectivity index (χ0) is 16.5. The molecule has 1 aliphatic carbocycles. The van der Waals surface area contributed by atoms with Crippen LogP contribution in [-0.2, 0) is 4.74 Å². The van der Waals surface area contributed by atoms with Crippen molar-refractivity contribution in [2.45, 2.75) is 24.8 Å². The van der Waals surface area contributed by atoms with E-state index in [1.54, 1.807) is 6.20 Å². The summed E-state index contributed by atoms with van der Waals surface area (Å²) < 4.78 is 5.59. The second-order valence-corrected chi connectivity index (χ2v) is 6.30.